The molecule has 4 aliphatic rings. The number of morpholine rings is 1. The Morgan fingerprint density at radius 3 is 2.76 bits per heavy atom. The number of nitrogens with zero attached hydrogens (tertiary/aromatic N) is 2. The molecule has 1 aromatic rings. The van der Waals surface area contributed by atoms with Crippen molar-refractivity contribution in [2.45, 2.75) is 30.8 Å². The first-order valence-electron chi connectivity index (χ1n) is 9.02. The van der Waals surface area contributed by atoms with Gasteiger partial charge in [-0.3, -0.25) is 4.90 Å². The quantitative estimate of drug-likeness (QED) is 0.749. The lowest BCUT2D eigenvalue weighted by atomic mass is 9.68. The highest BCUT2D eigenvalue weighted by Crippen LogP contribution is 2.52. The van der Waals surface area contributed by atoms with Gasteiger partial charge in [0.15, 0.2) is 0 Å². The Balaban J connectivity index is 1.44. The van der Waals surface area contributed by atoms with Gasteiger partial charge in [-0.1, -0.05) is 6.07 Å². The molecule has 25 heavy (non-hydrogen) atoms. The zero-order chi connectivity index (χ0) is 17.3. The highest BCUT2D eigenvalue weighted by atomic mass is 16.7. The van der Waals surface area contributed by atoms with Crippen LogP contribution in [-0.4, -0.2) is 69.6 Å². The number of aromatic nitrogens is 1. The molecule has 1 aliphatic carbocycles. The zero-order valence-corrected chi connectivity index (χ0v) is 15.0. The second kappa shape index (κ2) is 7.17. The van der Waals surface area contributed by atoms with Crippen molar-refractivity contribution in [3.8, 4) is 0 Å². The first kappa shape index (κ1) is 17.2. The van der Waals surface area contributed by atoms with E-state index in [4.69, 9.17) is 23.9 Å². The first-order valence-corrected chi connectivity index (χ1v) is 9.02. The molecular weight excluding hydrogens is 322 g/mol. The first-order chi connectivity index (χ1) is 12.2. The Hall–Kier alpha value is -1.25. The number of nitrogens with one attached hydrogen (secondary N) is 1. The molecule has 1 saturated carbocycles. The van der Waals surface area contributed by atoms with Crippen LogP contribution in [0.4, 0.5) is 5.82 Å². The van der Waals surface area contributed by atoms with Crippen LogP contribution < -0.4 is 5.32 Å². The molecule has 7 nitrogen and oxygen atoms in total. The lowest BCUT2D eigenvalue weighted by Crippen LogP contribution is -2.55. The molecule has 1 N–H and O–H groups in total. The molecule has 0 atom stereocenters. The minimum atomic E-state index is -0.441. The Bertz CT molecular complexity index is 596. The van der Waals surface area contributed by atoms with Gasteiger partial charge in [0.2, 0.25) is 6.29 Å². The van der Waals surface area contributed by atoms with Gasteiger partial charge in [-0.05, 0) is 6.07 Å². The van der Waals surface area contributed by atoms with Gasteiger partial charge in [-0.15, -0.1) is 0 Å². The van der Waals surface area contributed by atoms with E-state index in [1.807, 2.05) is 6.07 Å². The van der Waals surface area contributed by atoms with Crippen molar-refractivity contribution < 1.29 is 18.9 Å². The van der Waals surface area contributed by atoms with Crippen LogP contribution >= 0.6 is 0 Å². The normalized spacial score (nSPS) is 28.4. The summed E-state index contributed by atoms with van der Waals surface area (Å²) in [6, 6.07) is 4.53. The van der Waals surface area contributed by atoms with Crippen LogP contribution in [-0.2, 0) is 24.5 Å². The minimum absolute atomic E-state index is 0.182. The number of ether oxygens (including phenoxy) is 4. The molecule has 1 aromatic heterocycles. The third-order valence-electron chi connectivity index (χ3n) is 5.46. The monoisotopic (exact) mass is 349 g/mol. The van der Waals surface area contributed by atoms with Crippen molar-refractivity contribution in [1.82, 2.24) is 9.88 Å². The molecule has 0 spiro atoms. The maximum Gasteiger partial charge on any atom is 0.200 e. The van der Waals surface area contributed by atoms with Gasteiger partial charge in [0.05, 0.1) is 25.5 Å². The van der Waals surface area contributed by atoms with Crippen molar-refractivity contribution >= 4 is 5.82 Å². The van der Waals surface area contributed by atoms with E-state index in [0.717, 1.165) is 69.4 Å². The highest BCUT2D eigenvalue weighted by molar-refractivity contribution is 5.56. The third-order valence-corrected chi connectivity index (χ3v) is 5.46. The molecule has 0 radical (unpaired) electrons. The molecule has 0 unspecified atom stereocenters. The summed E-state index contributed by atoms with van der Waals surface area (Å²) in [5.74, 6) is 0.908. The van der Waals surface area contributed by atoms with Crippen LogP contribution in [0.1, 0.15) is 30.4 Å². The van der Waals surface area contributed by atoms with E-state index in [1.165, 1.54) is 0 Å². The molecule has 2 fully saturated rings. The van der Waals surface area contributed by atoms with Gasteiger partial charge >= 0.3 is 0 Å². The van der Waals surface area contributed by atoms with Gasteiger partial charge in [0.1, 0.15) is 11.4 Å². The van der Waals surface area contributed by atoms with E-state index in [2.05, 4.69) is 16.3 Å². The highest BCUT2D eigenvalue weighted by Gasteiger charge is 2.52. The zero-order valence-electron chi connectivity index (χ0n) is 15.0. The Morgan fingerprint density at radius 1 is 1.28 bits per heavy atom. The second-order valence-corrected chi connectivity index (χ2v) is 6.98. The molecule has 7 heteroatoms. The summed E-state index contributed by atoms with van der Waals surface area (Å²) >= 11 is 0. The third kappa shape index (κ3) is 3.27. The number of hydrogen-bond donors (Lipinski definition) is 1. The van der Waals surface area contributed by atoms with E-state index in [0.29, 0.717) is 6.04 Å². The van der Waals surface area contributed by atoms with E-state index in [9.17, 15) is 0 Å². The second-order valence-electron chi connectivity index (χ2n) is 6.98. The summed E-state index contributed by atoms with van der Waals surface area (Å²) in [6.07, 6.45) is 1.59. The van der Waals surface area contributed by atoms with Gasteiger partial charge in [-0.25, -0.2) is 4.98 Å². The van der Waals surface area contributed by atoms with E-state index < -0.39 is 6.29 Å². The summed E-state index contributed by atoms with van der Waals surface area (Å²) in [6.45, 7) is 5.35. The Labute approximate surface area is 148 Å². The number of hydrogen-bond acceptors (Lipinski definition) is 7. The maximum atomic E-state index is 6.39. The van der Waals surface area contributed by atoms with Crippen molar-refractivity contribution in [2.24, 2.45) is 0 Å². The van der Waals surface area contributed by atoms with E-state index >= 15 is 0 Å². The molecule has 0 aromatic carbocycles. The smallest absolute Gasteiger partial charge is 0.200 e. The summed E-state index contributed by atoms with van der Waals surface area (Å²) in [5.41, 5.74) is 1.76. The fourth-order valence-electron chi connectivity index (χ4n) is 4.06. The van der Waals surface area contributed by atoms with Crippen molar-refractivity contribution in [2.75, 3.05) is 59.0 Å². The van der Waals surface area contributed by atoms with E-state index in [1.54, 1.807) is 14.2 Å². The average molecular weight is 349 g/mol. The fraction of sp³-hybridized carbons (Fsp3) is 0.722. The molecular formula is C18H27N3O4. The molecule has 3 aliphatic heterocycles. The predicted molar refractivity (Wildman–Crippen MR) is 92.5 cm³/mol. The molecule has 1 saturated heterocycles. The van der Waals surface area contributed by atoms with Crippen LogP contribution in [0.3, 0.4) is 0 Å². The molecule has 0 amide bonds. The Morgan fingerprint density at radius 2 is 2.04 bits per heavy atom. The van der Waals surface area contributed by atoms with Crippen LogP contribution in [0, 0.1) is 0 Å². The van der Waals surface area contributed by atoms with Gasteiger partial charge < -0.3 is 24.3 Å². The number of pyridine rings is 1. The predicted octanol–water partition coefficient (Wildman–Crippen LogP) is 1.50. The molecule has 5 rings (SSSR count). The van der Waals surface area contributed by atoms with E-state index in [-0.39, 0.29) is 5.60 Å². The molecule has 4 heterocycles. The average Bonchev–Trinajstić information content (AvgIpc) is 2.62. The van der Waals surface area contributed by atoms with Crippen LogP contribution in [0.15, 0.2) is 12.1 Å². The van der Waals surface area contributed by atoms with Crippen molar-refractivity contribution in [3.05, 3.63) is 23.4 Å². The number of rotatable bonds is 7. The van der Waals surface area contributed by atoms with Crippen molar-refractivity contribution in [3.63, 3.8) is 0 Å². The largest absolute Gasteiger partial charge is 0.379 e. The number of anilines is 1. The lowest BCUT2D eigenvalue weighted by molar-refractivity contribution is -0.124. The summed E-state index contributed by atoms with van der Waals surface area (Å²) in [7, 11) is 3.24. The molecule has 2 bridgehead atoms. The molecule has 138 valence electrons. The van der Waals surface area contributed by atoms with Crippen LogP contribution in [0.25, 0.3) is 0 Å². The SMILES string of the molecule is COC(OC)c1ccc2c(n1)NC1CC2(OCCN2CCOCC2)C1. The maximum absolute atomic E-state index is 6.39. The van der Waals surface area contributed by atoms with Gasteiger partial charge in [0, 0.05) is 58.3 Å². The lowest BCUT2D eigenvalue weighted by Gasteiger charge is -2.53. The summed E-state index contributed by atoms with van der Waals surface area (Å²) in [4.78, 5) is 7.12. The number of methoxy groups -OCH3 is 2. The topological polar surface area (TPSA) is 65.1 Å². The van der Waals surface area contributed by atoms with Crippen LogP contribution in [0.2, 0.25) is 0 Å². The summed E-state index contributed by atoms with van der Waals surface area (Å²) < 4.78 is 22.4. The standard InChI is InChI=1S/C18H27N3O4/c1-22-17(23-2)15-4-3-14-16(20-15)19-13-11-18(14,12-13)25-10-7-21-5-8-24-9-6-21/h3-4,13,17H,5-12H2,1-2H3,(H,19,20). The Kier molecular flexibility index (Phi) is 4.92. The fourth-order valence-corrected chi connectivity index (χ4v) is 4.06. The minimum Gasteiger partial charge on any atom is -0.379 e. The van der Waals surface area contributed by atoms with Gasteiger partial charge in [0.25, 0.3) is 0 Å². The van der Waals surface area contributed by atoms with Crippen molar-refractivity contribution in [1.29, 1.82) is 0 Å². The van der Waals surface area contributed by atoms with Gasteiger partial charge in [-0.2, -0.15) is 0 Å². The summed E-state index contributed by atoms with van der Waals surface area (Å²) in [5, 5.41) is 3.50. The van der Waals surface area contributed by atoms with Crippen LogP contribution in [0.5, 0.6) is 0 Å².